The number of hydrogen-bond donors (Lipinski definition) is 1. The van der Waals surface area contributed by atoms with E-state index in [1.54, 1.807) is 0 Å². The smallest absolute Gasteiger partial charge is 0.175 e. The Hall–Kier alpha value is -1.97. The number of nitrogen functional groups attached to an aromatic ring is 1. The van der Waals surface area contributed by atoms with Crippen LogP contribution >= 0.6 is 0 Å². The molecule has 4 nitrogen and oxygen atoms in total. The van der Waals surface area contributed by atoms with Crippen LogP contribution < -0.4 is 10.5 Å². The molecule has 0 unspecified atom stereocenters. The highest BCUT2D eigenvalue weighted by Gasteiger charge is 2.29. The van der Waals surface area contributed by atoms with E-state index in [2.05, 4.69) is 25.9 Å². The summed E-state index contributed by atoms with van der Waals surface area (Å²) in [7, 11) is 0. The number of rotatable bonds is 5. The van der Waals surface area contributed by atoms with Crippen LogP contribution in [0.4, 0.5) is 5.82 Å². The molecule has 1 aromatic heterocycles. The van der Waals surface area contributed by atoms with Gasteiger partial charge in [0.25, 0.3) is 0 Å². The number of hydrogen-bond acceptors (Lipinski definition) is 4. The molecular formula is C16H22N2O2. The van der Waals surface area contributed by atoms with E-state index in [4.69, 9.17) is 15.0 Å². The second-order valence-corrected chi connectivity index (χ2v) is 5.47. The van der Waals surface area contributed by atoms with Crippen molar-refractivity contribution in [1.29, 1.82) is 0 Å². The van der Waals surface area contributed by atoms with Gasteiger partial charge in [0.15, 0.2) is 11.6 Å². The van der Waals surface area contributed by atoms with Gasteiger partial charge >= 0.3 is 0 Å². The molecule has 0 bridgehead atoms. The van der Waals surface area contributed by atoms with E-state index in [9.17, 15) is 0 Å². The normalized spacial score (nSPS) is 11.6. The fourth-order valence-corrected chi connectivity index (χ4v) is 2.09. The summed E-state index contributed by atoms with van der Waals surface area (Å²) in [5.74, 6) is 2.12. The van der Waals surface area contributed by atoms with Crippen LogP contribution in [0.5, 0.6) is 5.75 Å². The SMILES string of the molecule is CCOc1ccc(-c2c(N)noc2C(C)(C)CC)cc1. The Morgan fingerprint density at radius 2 is 1.85 bits per heavy atom. The van der Waals surface area contributed by atoms with Gasteiger partial charge in [-0.25, -0.2) is 0 Å². The first-order valence-electron chi connectivity index (χ1n) is 6.98. The predicted octanol–water partition coefficient (Wildman–Crippen LogP) is 4.01. The van der Waals surface area contributed by atoms with Crippen molar-refractivity contribution in [3.63, 3.8) is 0 Å². The summed E-state index contributed by atoms with van der Waals surface area (Å²) in [4.78, 5) is 0. The standard InChI is InChI=1S/C16H22N2O2/c1-5-16(3,4)14-13(15(17)18-20-14)11-7-9-12(10-8-11)19-6-2/h7-10H,5-6H2,1-4H3,(H2,17,18). The molecule has 0 atom stereocenters. The Morgan fingerprint density at radius 3 is 2.40 bits per heavy atom. The molecule has 0 aliphatic carbocycles. The minimum Gasteiger partial charge on any atom is -0.494 e. The summed E-state index contributed by atoms with van der Waals surface area (Å²) in [5.41, 5.74) is 7.78. The van der Waals surface area contributed by atoms with Crippen molar-refractivity contribution in [1.82, 2.24) is 5.16 Å². The third-order valence-electron chi connectivity index (χ3n) is 3.67. The number of anilines is 1. The largest absolute Gasteiger partial charge is 0.494 e. The average Bonchev–Trinajstić information content (AvgIpc) is 2.83. The molecule has 1 aromatic carbocycles. The van der Waals surface area contributed by atoms with E-state index < -0.39 is 0 Å². The molecule has 0 aliphatic heterocycles. The van der Waals surface area contributed by atoms with Crippen LogP contribution in [0, 0.1) is 0 Å². The topological polar surface area (TPSA) is 61.3 Å². The van der Waals surface area contributed by atoms with Crippen LogP contribution in [0.1, 0.15) is 39.9 Å². The van der Waals surface area contributed by atoms with Crippen molar-refractivity contribution >= 4 is 5.82 Å². The third-order valence-corrected chi connectivity index (χ3v) is 3.67. The summed E-state index contributed by atoms with van der Waals surface area (Å²) in [5, 5.41) is 3.94. The number of benzene rings is 1. The quantitative estimate of drug-likeness (QED) is 0.894. The highest BCUT2D eigenvalue weighted by atomic mass is 16.5. The van der Waals surface area contributed by atoms with Crippen molar-refractivity contribution in [2.24, 2.45) is 0 Å². The van der Waals surface area contributed by atoms with Gasteiger partial charge in [-0.3, -0.25) is 0 Å². The zero-order valence-corrected chi connectivity index (χ0v) is 12.6. The number of nitrogens with zero attached hydrogens (tertiary/aromatic N) is 1. The maximum absolute atomic E-state index is 5.99. The van der Waals surface area contributed by atoms with E-state index in [1.807, 2.05) is 31.2 Å². The van der Waals surface area contributed by atoms with Crippen LogP contribution in [0.15, 0.2) is 28.8 Å². The number of nitrogens with two attached hydrogens (primary N) is 1. The predicted molar refractivity (Wildman–Crippen MR) is 80.8 cm³/mol. The van der Waals surface area contributed by atoms with Crippen LogP contribution in [0.3, 0.4) is 0 Å². The van der Waals surface area contributed by atoms with Crippen LogP contribution in [-0.4, -0.2) is 11.8 Å². The van der Waals surface area contributed by atoms with E-state index in [0.717, 1.165) is 29.1 Å². The van der Waals surface area contributed by atoms with Gasteiger partial charge in [-0.15, -0.1) is 0 Å². The van der Waals surface area contributed by atoms with Crippen LogP contribution in [0.25, 0.3) is 11.1 Å². The Labute approximate surface area is 119 Å². The summed E-state index contributed by atoms with van der Waals surface area (Å²) in [6.07, 6.45) is 0.950. The van der Waals surface area contributed by atoms with Crippen LogP contribution in [0.2, 0.25) is 0 Å². The Bertz CT molecular complexity index is 571. The molecule has 0 spiro atoms. The number of aromatic nitrogens is 1. The van der Waals surface area contributed by atoms with Gasteiger partial charge in [0.05, 0.1) is 12.2 Å². The lowest BCUT2D eigenvalue weighted by atomic mass is 9.83. The molecule has 2 rings (SSSR count). The number of ether oxygens (including phenoxy) is 1. The summed E-state index contributed by atoms with van der Waals surface area (Å²) in [6.45, 7) is 9.01. The van der Waals surface area contributed by atoms with E-state index in [0.29, 0.717) is 12.4 Å². The molecular weight excluding hydrogens is 252 g/mol. The molecule has 0 fully saturated rings. The molecule has 2 N–H and O–H groups in total. The average molecular weight is 274 g/mol. The van der Waals surface area contributed by atoms with E-state index in [-0.39, 0.29) is 5.41 Å². The molecule has 4 heteroatoms. The molecule has 2 aromatic rings. The Morgan fingerprint density at radius 1 is 1.20 bits per heavy atom. The van der Waals surface area contributed by atoms with Gasteiger partial charge in [0.1, 0.15) is 5.75 Å². The summed E-state index contributed by atoms with van der Waals surface area (Å²) in [6, 6.07) is 7.86. The molecule has 0 amide bonds. The van der Waals surface area contributed by atoms with Gasteiger partial charge in [-0.2, -0.15) is 0 Å². The lowest BCUT2D eigenvalue weighted by molar-refractivity contribution is 0.313. The minimum absolute atomic E-state index is 0.0987. The zero-order chi connectivity index (χ0) is 14.8. The van der Waals surface area contributed by atoms with Crippen molar-refractivity contribution in [3.8, 4) is 16.9 Å². The van der Waals surface area contributed by atoms with Gasteiger partial charge in [0.2, 0.25) is 0 Å². The lowest BCUT2D eigenvalue weighted by Gasteiger charge is -2.20. The fraction of sp³-hybridized carbons (Fsp3) is 0.438. The first-order chi connectivity index (χ1) is 9.49. The first-order valence-corrected chi connectivity index (χ1v) is 6.98. The van der Waals surface area contributed by atoms with Crippen molar-refractivity contribution < 1.29 is 9.26 Å². The van der Waals surface area contributed by atoms with E-state index >= 15 is 0 Å². The van der Waals surface area contributed by atoms with Gasteiger partial charge in [-0.1, -0.05) is 38.1 Å². The van der Waals surface area contributed by atoms with E-state index in [1.165, 1.54) is 0 Å². The second-order valence-electron chi connectivity index (χ2n) is 5.47. The fourth-order valence-electron chi connectivity index (χ4n) is 2.09. The monoisotopic (exact) mass is 274 g/mol. The maximum Gasteiger partial charge on any atom is 0.175 e. The maximum atomic E-state index is 5.99. The van der Waals surface area contributed by atoms with Gasteiger partial charge in [0, 0.05) is 5.41 Å². The van der Waals surface area contributed by atoms with Crippen molar-refractivity contribution in [3.05, 3.63) is 30.0 Å². The van der Waals surface area contributed by atoms with Crippen molar-refractivity contribution in [2.75, 3.05) is 12.3 Å². The van der Waals surface area contributed by atoms with Crippen LogP contribution in [-0.2, 0) is 5.41 Å². The highest BCUT2D eigenvalue weighted by Crippen LogP contribution is 2.39. The van der Waals surface area contributed by atoms with Gasteiger partial charge in [-0.05, 0) is 31.0 Å². The van der Waals surface area contributed by atoms with Gasteiger partial charge < -0.3 is 15.0 Å². The Kier molecular flexibility index (Phi) is 4.02. The molecule has 20 heavy (non-hydrogen) atoms. The minimum atomic E-state index is -0.0987. The summed E-state index contributed by atoms with van der Waals surface area (Å²) < 4.78 is 10.9. The third kappa shape index (κ3) is 2.64. The molecule has 0 saturated heterocycles. The Balaban J connectivity index is 2.44. The highest BCUT2D eigenvalue weighted by molar-refractivity contribution is 5.76. The molecule has 1 heterocycles. The molecule has 0 radical (unpaired) electrons. The zero-order valence-electron chi connectivity index (χ0n) is 12.6. The first kappa shape index (κ1) is 14.4. The molecule has 108 valence electrons. The molecule has 0 saturated carbocycles. The lowest BCUT2D eigenvalue weighted by Crippen LogP contribution is -2.15. The van der Waals surface area contributed by atoms with Crippen molar-refractivity contribution in [2.45, 2.75) is 39.5 Å². The molecule has 0 aliphatic rings. The second kappa shape index (κ2) is 5.57. The summed E-state index contributed by atoms with van der Waals surface area (Å²) >= 11 is 0.